The molecule has 0 bridgehead atoms. The molecule has 2 aromatic rings. The summed E-state index contributed by atoms with van der Waals surface area (Å²) in [6.07, 6.45) is 1.99. The number of benzene rings is 1. The SMILES string of the molecule is C[C@H]1OCCN(C(=O)c2ccc(Cl)cc2)[C@@H]1c1nc(C2CC2)no1. The van der Waals surface area contributed by atoms with Gasteiger partial charge in [0.1, 0.15) is 6.04 Å². The lowest BCUT2D eigenvalue weighted by atomic mass is 10.1. The highest BCUT2D eigenvalue weighted by Gasteiger charge is 2.39. The van der Waals surface area contributed by atoms with E-state index in [1.807, 2.05) is 6.92 Å². The highest BCUT2D eigenvalue weighted by atomic mass is 35.5. The van der Waals surface area contributed by atoms with E-state index in [1.165, 1.54) is 0 Å². The van der Waals surface area contributed by atoms with Gasteiger partial charge >= 0.3 is 0 Å². The summed E-state index contributed by atoms with van der Waals surface area (Å²) in [5, 5.41) is 4.67. The fraction of sp³-hybridized carbons (Fsp3) is 0.471. The third-order valence-electron chi connectivity index (χ3n) is 4.50. The standard InChI is InChI=1S/C17H18ClN3O3/c1-10-14(16-19-15(20-24-16)11-2-3-11)21(8-9-23-10)17(22)12-4-6-13(18)7-5-12/h4-7,10-11,14H,2-3,8-9H2,1H3/t10-,14+/m1/s1. The van der Waals surface area contributed by atoms with Crippen LogP contribution in [0.2, 0.25) is 5.02 Å². The molecule has 6 nitrogen and oxygen atoms in total. The summed E-state index contributed by atoms with van der Waals surface area (Å²) in [4.78, 5) is 19.2. The van der Waals surface area contributed by atoms with E-state index in [1.54, 1.807) is 29.2 Å². The van der Waals surface area contributed by atoms with E-state index < -0.39 is 0 Å². The van der Waals surface area contributed by atoms with Crippen LogP contribution < -0.4 is 0 Å². The zero-order chi connectivity index (χ0) is 16.7. The minimum absolute atomic E-state index is 0.0852. The van der Waals surface area contributed by atoms with E-state index in [9.17, 15) is 4.79 Å². The first-order chi connectivity index (χ1) is 11.6. The van der Waals surface area contributed by atoms with Gasteiger partial charge in [-0.05, 0) is 44.0 Å². The van der Waals surface area contributed by atoms with Crippen molar-refractivity contribution in [3.05, 3.63) is 46.6 Å². The Morgan fingerprint density at radius 1 is 1.29 bits per heavy atom. The van der Waals surface area contributed by atoms with Gasteiger partial charge in [0.05, 0.1) is 12.7 Å². The smallest absolute Gasteiger partial charge is 0.254 e. The van der Waals surface area contributed by atoms with Gasteiger partial charge in [-0.15, -0.1) is 0 Å². The van der Waals surface area contributed by atoms with E-state index in [2.05, 4.69) is 10.1 Å². The van der Waals surface area contributed by atoms with Crippen LogP contribution in [0.1, 0.15) is 53.8 Å². The molecule has 1 aromatic heterocycles. The third kappa shape index (κ3) is 2.91. The largest absolute Gasteiger partial charge is 0.374 e. The summed E-state index contributed by atoms with van der Waals surface area (Å²) in [7, 11) is 0. The van der Waals surface area contributed by atoms with Gasteiger partial charge in [-0.2, -0.15) is 4.98 Å². The normalized spacial score (nSPS) is 24.2. The zero-order valence-corrected chi connectivity index (χ0v) is 14.1. The van der Waals surface area contributed by atoms with Crippen molar-refractivity contribution in [3.8, 4) is 0 Å². The molecule has 2 atom stereocenters. The fourth-order valence-corrected chi connectivity index (χ4v) is 3.14. The van der Waals surface area contributed by atoms with Gasteiger partial charge in [-0.1, -0.05) is 16.8 Å². The summed E-state index contributed by atoms with van der Waals surface area (Å²) < 4.78 is 11.2. The Hall–Kier alpha value is -1.92. The van der Waals surface area contributed by atoms with Gasteiger partial charge < -0.3 is 14.2 Å². The van der Waals surface area contributed by atoms with Crippen LogP contribution in [-0.4, -0.2) is 40.2 Å². The number of aromatic nitrogens is 2. The van der Waals surface area contributed by atoms with Crippen molar-refractivity contribution in [3.63, 3.8) is 0 Å². The van der Waals surface area contributed by atoms with Crippen LogP contribution in [0.15, 0.2) is 28.8 Å². The molecule has 2 heterocycles. The predicted octanol–water partition coefficient (Wildman–Crippen LogP) is 3.20. The van der Waals surface area contributed by atoms with E-state index in [0.717, 1.165) is 18.7 Å². The van der Waals surface area contributed by atoms with E-state index >= 15 is 0 Å². The van der Waals surface area contributed by atoms with E-state index in [-0.39, 0.29) is 18.1 Å². The first-order valence-corrected chi connectivity index (χ1v) is 8.53. The number of carbonyl (C=O) groups is 1. The second-order valence-corrected chi connectivity index (χ2v) is 6.73. The number of amides is 1. The molecule has 1 aliphatic carbocycles. The lowest BCUT2D eigenvalue weighted by Gasteiger charge is -2.37. The van der Waals surface area contributed by atoms with Crippen LogP contribution in [0.25, 0.3) is 0 Å². The average molecular weight is 348 g/mol. The maximum atomic E-state index is 12.9. The number of halogens is 1. The van der Waals surface area contributed by atoms with Crippen LogP contribution in [0.4, 0.5) is 0 Å². The molecule has 1 aromatic carbocycles. The number of morpholine rings is 1. The van der Waals surface area contributed by atoms with E-state index in [0.29, 0.717) is 35.5 Å². The Balaban J connectivity index is 1.63. The topological polar surface area (TPSA) is 68.5 Å². The molecule has 24 heavy (non-hydrogen) atoms. The third-order valence-corrected chi connectivity index (χ3v) is 4.75. The van der Waals surface area contributed by atoms with Crippen molar-refractivity contribution in [1.29, 1.82) is 0 Å². The zero-order valence-electron chi connectivity index (χ0n) is 13.3. The van der Waals surface area contributed by atoms with Gasteiger partial charge in [0.15, 0.2) is 5.82 Å². The fourth-order valence-electron chi connectivity index (χ4n) is 3.02. The maximum Gasteiger partial charge on any atom is 0.254 e. The molecule has 2 aliphatic rings. The van der Waals surface area contributed by atoms with Crippen LogP contribution >= 0.6 is 11.6 Å². The highest BCUT2D eigenvalue weighted by molar-refractivity contribution is 6.30. The van der Waals surface area contributed by atoms with Crippen LogP contribution in [0.5, 0.6) is 0 Å². The van der Waals surface area contributed by atoms with Crippen molar-refractivity contribution in [1.82, 2.24) is 15.0 Å². The van der Waals surface area contributed by atoms with Crippen molar-refractivity contribution in [2.75, 3.05) is 13.2 Å². The summed E-state index contributed by atoms with van der Waals surface area (Å²) in [5.41, 5.74) is 0.584. The van der Waals surface area contributed by atoms with Crippen LogP contribution in [0.3, 0.4) is 0 Å². The maximum absolute atomic E-state index is 12.9. The quantitative estimate of drug-likeness (QED) is 0.852. The highest BCUT2D eigenvalue weighted by Crippen LogP contribution is 2.39. The van der Waals surface area contributed by atoms with Crippen molar-refractivity contribution < 1.29 is 14.1 Å². The number of hydrogen-bond donors (Lipinski definition) is 0. The monoisotopic (exact) mass is 347 g/mol. The molecule has 0 unspecified atom stereocenters. The van der Waals surface area contributed by atoms with Crippen molar-refractivity contribution >= 4 is 17.5 Å². The predicted molar refractivity (Wildman–Crippen MR) is 86.9 cm³/mol. The molecule has 1 saturated carbocycles. The van der Waals surface area contributed by atoms with Crippen molar-refractivity contribution in [2.24, 2.45) is 0 Å². The first kappa shape index (κ1) is 15.6. The Bertz CT molecular complexity index is 742. The van der Waals surface area contributed by atoms with Crippen LogP contribution in [-0.2, 0) is 4.74 Å². The minimum atomic E-state index is -0.373. The summed E-state index contributed by atoms with van der Waals surface area (Å²) >= 11 is 5.91. The van der Waals surface area contributed by atoms with Gasteiger partial charge in [0.25, 0.3) is 11.8 Å². The second-order valence-electron chi connectivity index (χ2n) is 6.29. The molecule has 7 heteroatoms. The summed E-state index contributed by atoms with van der Waals surface area (Å²) in [6.45, 7) is 2.89. The van der Waals surface area contributed by atoms with Gasteiger partial charge in [0.2, 0.25) is 0 Å². The van der Waals surface area contributed by atoms with Gasteiger partial charge in [-0.3, -0.25) is 4.79 Å². The summed E-state index contributed by atoms with van der Waals surface area (Å²) in [5.74, 6) is 1.51. The molecule has 1 saturated heterocycles. The molecule has 0 radical (unpaired) electrons. The molecule has 4 rings (SSSR count). The Morgan fingerprint density at radius 2 is 2.04 bits per heavy atom. The molecule has 0 spiro atoms. The van der Waals surface area contributed by atoms with E-state index in [4.69, 9.17) is 20.9 Å². The number of hydrogen-bond acceptors (Lipinski definition) is 5. The average Bonchev–Trinajstić information content (AvgIpc) is 3.33. The molecule has 1 aliphatic heterocycles. The van der Waals surface area contributed by atoms with Gasteiger partial charge in [-0.25, -0.2) is 0 Å². The Morgan fingerprint density at radius 3 is 2.75 bits per heavy atom. The molecule has 1 amide bonds. The lowest BCUT2D eigenvalue weighted by molar-refractivity contribution is -0.0600. The minimum Gasteiger partial charge on any atom is -0.374 e. The Kier molecular flexibility index (Phi) is 4.02. The molecular formula is C17H18ClN3O3. The number of rotatable bonds is 3. The Labute approximate surface area is 144 Å². The number of ether oxygens (including phenoxy) is 1. The lowest BCUT2D eigenvalue weighted by Crippen LogP contribution is -2.47. The summed E-state index contributed by atoms with van der Waals surface area (Å²) in [6, 6.07) is 6.51. The van der Waals surface area contributed by atoms with Gasteiger partial charge in [0, 0.05) is 23.0 Å². The number of nitrogens with zero attached hydrogens (tertiary/aromatic N) is 3. The number of carbonyl (C=O) groups excluding carboxylic acids is 1. The molecule has 126 valence electrons. The first-order valence-electron chi connectivity index (χ1n) is 8.15. The van der Waals surface area contributed by atoms with Crippen molar-refractivity contribution in [2.45, 2.75) is 37.8 Å². The molecule has 0 N–H and O–H groups in total. The van der Waals surface area contributed by atoms with Crippen LogP contribution in [0, 0.1) is 0 Å². The molecular weight excluding hydrogens is 330 g/mol. The second kappa shape index (κ2) is 6.18. The molecule has 2 fully saturated rings.